The van der Waals surface area contributed by atoms with Crippen molar-refractivity contribution in [1.82, 2.24) is 10.2 Å². The molecule has 1 unspecified atom stereocenters. The standard InChI is InChI=1S/C18H28N4O2.HI/c1-2-22-9-4-7-15(22)13-21-18(19)20-12-14-6-3-8-16-17(14)24-11-5-10-23-16;/h3,6,8,15H,2,4-5,7,9-13H2,1H3,(H3,19,20,21);1H. The van der Waals surface area contributed by atoms with Gasteiger partial charge in [0, 0.05) is 24.6 Å². The lowest BCUT2D eigenvalue weighted by Gasteiger charge is -2.23. The molecule has 0 aromatic heterocycles. The minimum atomic E-state index is 0. The van der Waals surface area contributed by atoms with Gasteiger partial charge in [-0.15, -0.1) is 24.0 Å². The average Bonchev–Trinajstić information content (AvgIpc) is 2.92. The second-order valence-electron chi connectivity index (χ2n) is 6.30. The summed E-state index contributed by atoms with van der Waals surface area (Å²) in [6.45, 7) is 7.21. The average molecular weight is 460 g/mol. The molecule has 3 N–H and O–H groups in total. The van der Waals surface area contributed by atoms with Crippen LogP contribution in [0.3, 0.4) is 0 Å². The SMILES string of the molecule is CCN1CCCC1CNC(N)=NCc1cccc2c1OCCCO2.I. The van der Waals surface area contributed by atoms with E-state index in [0.29, 0.717) is 31.8 Å². The van der Waals surface area contributed by atoms with Crippen molar-refractivity contribution in [3.8, 4) is 11.5 Å². The third-order valence-corrected chi connectivity index (χ3v) is 4.70. The zero-order valence-electron chi connectivity index (χ0n) is 14.9. The Kier molecular flexibility index (Phi) is 8.08. The van der Waals surface area contributed by atoms with Gasteiger partial charge in [0.05, 0.1) is 19.8 Å². The zero-order valence-corrected chi connectivity index (χ0v) is 17.2. The van der Waals surface area contributed by atoms with Crippen molar-refractivity contribution < 1.29 is 9.47 Å². The van der Waals surface area contributed by atoms with Gasteiger partial charge in [0.25, 0.3) is 0 Å². The highest BCUT2D eigenvalue weighted by atomic mass is 127. The van der Waals surface area contributed by atoms with E-state index >= 15 is 0 Å². The summed E-state index contributed by atoms with van der Waals surface area (Å²) in [5.74, 6) is 2.10. The van der Waals surface area contributed by atoms with E-state index in [2.05, 4.69) is 22.1 Å². The van der Waals surface area contributed by atoms with Crippen LogP contribution in [0.5, 0.6) is 11.5 Å². The molecule has 3 rings (SSSR count). The summed E-state index contributed by atoms with van der Waals surface area (Å²) in [6, 6.07) is 6.49. The number of benzene rings is 1. The summed E-state index contributed by atoms with van der Waals surface area (Å²) in [5, 5.41) is 3.27. The van der Waals surface area contributed by atoms with E-state index in [-0.39, 0.29) is 24.0 Å². The molecule has 1 aromatic rings. The van der Waals surface area contributed by atoms with Crippen molar-refractivity contribution in [3.63, 3.8) is 0 Å². The Bertz CT molecular complexity index is 582. The van der Waals surface area contributed by atoms with Gasteiger partial charge in [-0.05, 0) is 32.0 Å². The van der Waals surface area contributed by atoms with E-state index in [1.807, 2.05) is 18.2 Å². The van der Waals surface area contributed by atoms with Crippen LogP contribution < -0.4 is 20.5 Å². The van der Waals surface area contributed by atoms with Gasteiger partial charge in [-0.2, -0.15) is 0 Å². The van der Waals surface area contributed by atoms with Gasteiger partial charge in [0.1, 0.15) is 0 Å². The molecule has 0 radical (unpaired) electrons. The molecule has 2 heterocycles. The predicted octanol–water partition coefficient (Wildman–Crippen LogP) is 2.35. The van der Waals surface area contributed by atoms with Crippen molar-refractivity contribution in [2.75, 3.05) is 32.8 Å². The third-order valence-electron chi connectivity index (χ3n) is 4.70. The molecule has 1 saturated heterocycles. The van der Waals surface area contributed by atoms with Crippen LogP contribution in [0.15, 0.2) is 23.2 Å². The number of nitrogens with one attached hydrogen (secondary N) is 1. The number of halogens is 1. The minimum absolute atomic E-state index is 0. The number of ether oxygens (including phenoxy) is 2. The molecule has 0 saturated carbocycles. The first kappa shape index (κ1) is 20.1. The maximum absolute atomic E-state index is 6.04. The normalized spacial score (nSPS) is 20.7. The first-order chi connectivity index (χ1) is 11.8. The fraction of sp³-hybridized carbons (Fsp3) is 0.611. The van der Waals surface area contributed by atoms with Crippen LogP contribution in [0.4, 0.5) is 0 Å². The van der Waals surface area contributed by atoms with Crippen molar-refractivity contribution in [3.05, 3.63) is 23.8 Å². The molecule has 1 atom stereocenters. The van der Waals surface area contributed by atoms with Crippen LogP contribution in [0.1, 0.15) is 31.7 Å². The predicted molar refractivity (Wildman–Crippen MR) is 111 cm³/mol. The Morgan fingerprint density at radius 3 is 3.00 bits per heavy atom. The van der Waals surface area contributed by atoms with E-state index in [0.717, 1.165) is 36.6 Å². The molecule has 2 aliphatic rings. The van der Waals surface area contributed by atoms with Crippen LogP contribution in [-0.4, -0.2) is 49.7 Å². The lowest BCUT2D eigenvalue weighted by Crippen LogP contribution is -2.42. The number of likely N-dealkylation sites (tertiary alicyclic amines) is 1. The number of hydrogen-bond acceptors (Lipinski definition) is 4. The van der Waals surface area contributed by atoms with Crippen molar-refractivity contribution in [2.24, 2.45) is 10.7 Å². The van der Waals surface area contributed by atoms with Gasteiger partial charge in [-0.25, -0.2) is 4.99 Å². The Hall–Kier alpha value is -1.22. The number of aliphatic imine (C=N–C) groups is 1. The van der Waals surface area contributed by atoms with E-state index in [1.54, 1.807) is 0 Å². The number of fused-ring (bicyclic) bond motifs is 1. The molecule has 25 heavy (non-hydrogen) atoms. The van der Waals surface area contributed by atoms with Gasteiger partial charge in [0.15, 0.2) is 17.5 Å². The molecule has 140 valence electrons. The van der Waals surface area contributed by atoms with E-state index in [1.165, 1.54) is 19.4 Å². The Labute approximate surface area is 167 Å². The van der Waals surface area contributed by atoms with Crippen molar-refractivity contribution in [2.45, 2.75) is 38.8 Å². The number of likely N-dealkylation sites (N-methyl/N-ethyl adjacent to an activating group) is 1. The quantitative estimate of drug-likeness (QED) is 0.401. The van der Waals surface area contributed by atoms with E-state index in [4.69, 9.17) is 15.2 Å². The summed E-state index contributed by atoms with van der Waals surface area (Å²) in [7, 11) is 0. The molecular formula is C18H29IN4O2. The fourth-order valence-corrected chi connectivity index (χ4v) is 3.37. The van der Waals surface area contributed by atoms with Crippen LogP contribution in [0, 0.1) is 0 Å². The number of nitrogens with two attached hydrogens (primary N) is 1. The molecular weight excluding hydrogens is 431 g/mol. The number of hydrogen-bond donors (Lipinski definition) is 2. The van der Waals surface area contributed by atoms with E-state index in [9.17, 15) is 0 Å². The van der Waals surface area contributed by atoms with Gasteiger partial charge in [-0.3, -0.25) is 4.90 Å². The van der Waals surface area contributed by atoms with Crippen molar-refractivity contribution >= 4 is 29.9 Å². The summed E-state index contributed by atoms with van der Waals surface area (Å²) in [6.07, 6.45) is 3.40. The van der Waals surface area contributed by atoms with Crippen molar-refractivity contribution in [1.29, 1.82) is 0 Å². The monoisotopic (exact) mass is 460 g/mol. The fourth-order valence-electron chi connectivity index (χ4n) is 3.37. The van der Waals surface area contributed by atoms with Crippen LogP contribution in [0.25, 0.3) is 0 Å². The van der Waals surface area contributed by atoms with Gasteiger partial charge >= 0.3 is 0 Å². The summed E-state index contributed by atoms with van der Waals surface area (Å²) in [4.78, 5) is 6.96. The first-order valence-corrected chi connectivity index (χ1v) is 8.93. The summed E-state index contributed by atoms with van der Waals surface area (Å²) in [5.41, 5.74) is 7.05. The Balaban J connectivity index is 0.00000225. The maximum Gasteiger partial charge on any atom is 0.188 e. The molecule has 0 spiro atoms. The first-order valence-electron chi connectivity index (χ1n) is 8.93. The number of para-hydroxylation sites is 1. The van der Waals surface area contributed by atoms with Crippen LogP contribution in [0.2, 0.25) is 0 Å². The highest BCUT2D eigenvalue weighted by Gasteiger charge is 2.22. The highest BCUT2D eigenvalue weighted by Crippen LogP contribution is 2.33. The number of rotatable bonds is 5. The second kappa shape index (κ2) is 10.1. The summed E-state index contributed by atoms with van der Waals surface area (Å²) < 4.78 is 11.5. The molecule has 0 amide bonds. The molecule has 1 aromatic carbocycles. The molecule has 2 aliphatic heterocycles. The Morgan fingerprint density at radius 1 is 1.32 bits per heavy atom. The number of guanidine groups is 1. The van der Waals surface area contributed by atoms with Crippen LogP contribution >= 0.6 is 24.0 Å². The number of nitrogens with zero attached hydrogens (tertiary/aromatic N) is 2. The molecule has 7 heteroatoms. The largest absolute Gasteiger partial charge is 0.490 e. The topological polar surface area (TPSA) is 72.1 Å². The van der Waals surface area contributed by atoms with Gasteiger partial charge in [-0.1, -0.05) is 19.1 Å². The minimum Gasteiger partial charge on any atom is -0.490 e. The van der Waals surface area contributed by atoms with Gasteiger partial charge in [0.2, 0.25) is 0 Å². The molecule has 0 aliphatic carbocycles. The highest BCUT2D eigenvalue weighted by molar-refractivity contribution is 14.0. The zero-order chi connectivity index (χ0) is 16.8. The lowest BCUT2D eigenvalue weighted by molar-refractivity contribution is 0.267. The summed E-state index contributed by atoms with van der Waals surface area (Å²) >= 11 is 0. The lowest BCUT2D eigenvalue weighted by atomic mass is 10.2. The molecule has 1 fully saturated rings. The van der Waals surface area contributed by atoms with Crippen LogP contribution in [-0.2, 0) is 6.54 Å². The van der Waals surface area contributed by atoms with Gasteiger partial charge < -0.3 is 20.5 Å². The smallest absolute Gasteiger partial charge is 0.188 e. The third kappa shape index (κ3) is 5.37. The van der Waals surface area contributed by atoms with E-state index < -0.39 is 0 Å². The molecule has 0 bridgehead atoms. The second-order valence-corrected chi connectivity index (χ2v) is 6.30. The maximum atomic E-state index is 6.04. The molecule has 6 nitrogen and oxygen atoms in total. The Morgan fingerprint density at radius 2 is 2.16 bits per heavy atom.